The lowest BCUT2D eigenvalue weighted by molar-refractivity contribution is -0.386. The molecule has 0 aliphatic heterocycles. The van der Waals surface area contributed by atoms with E-state index in [0.29, 0.717) is 11.3 Å². The van der Waals surface area contributed by atoms with Crippen molar-refractivity contribution in [3.05, 3.63) is 33.1 Å². The lowest BCUT2D eigenvalue weighted by atomic mass is 10.1. The van der Waals surface area contributed by atoms with E-state index in [9.17, 15) is 14.9 Å². The van der Waals surface area contributed by atoms with Crippen LogP contribution in [0, 0.1) is 24.0 Å². The lowest BCUT2D eigenvalue weighted by Gasteiger charge is -2.05. The molecular weight excluding hydrogens is 212 g/mol. The number of hydrogen-bond donors (Lipinski definition) is 0. The first-order chi connectivity index (χ1) is 7.47. The van der Waals surface area contributed by atoms with Crippen LogP contribution in [0.25, 0.3) is 0 Å². The molecule has 0 N–H and O–H groups in total. The highest BCUT2D eigenvalue weighted by Crippen LogP contribution is 2.23. The summed E-state index contributed by atoms with van der Waals surface area (Å²) >= 11 is 0. The topological polar surface area (TPSA) is 82.3 Å². The lowest BCUT2D eigenvalue weighted by Crippen LogP contribution is -2.12. The molecule has 0 fully saturated rings. The van der Waals surface area contributed by atoms with Crippen LogP contribution in [-0.4, -0.2) is 22.5 Å². The number of hydrogen-bond acceptors (Lipinski definition) is 5. The Morgan fingerprint density at radius 3 is 2.69 bits per heavy atom. The minimum Gasteiger partial charge on any atom is -0.461 e. The fraction of sp³-hybridized carbons (Fsp3) is 0.400. The minimum absolute atomic E-state index is 0.157. The van der Waals surface area contributed by atoms with Gasteiger partial charge in [-0.3, -0.25) is 10.1 Å². The van der Waals surface area contributed by atoms with Crippen molar-refractivity contribution in [1.82, 2.24) is 4.98 Å². The number of carbonyl (C=O) groups excluding carboxylic acids is 1. The number of aromatic nitrogens is 1. The quantitative estimate of drug-likeness (QED) is 0.444. The van der Waals surface area contributed by atoms with Crippen LogP contribution in [-0.2, 0) is 4.74 Å². The van der Waals surface area contributed by atoms with Crippen LogP contribution >= 0.6 is 0 Å². The van der Waals surface area contributed by atoms with Crippen molar-refractivity contribution >= 4 is 11.7 Å². The molecule has 1 aromatic heterocycles. The summed E-state index contributed by atoms with van der Waals surface area (Å²) in [6.45, 7) is 5.02. The minimum atomic E-state index is -0.763. The van der Waals surface area contributed by atoms with Gasteiger partial charge in [-0.05, 0) is 26.8 Å². The summed E-state index contributed by atoms with van der Waals surface area (Å²) in [5.74, 6) is -0.763. The number of carbonyl (C=O) groups is 1. The first-order valence-corrected chi connectivity index (χ1v) is 4.77. The van der Waals surface area contributed by atoms with Crippen molar-refractivity contribution in [2.24, 2.45) is 0 Å². The van der Waals surface area contributed by atoms with Crippen LogP contribution in [0.4, 0.5) is 5.69 Å². The summed E-state index contributed by atoms with van der Waals surface area (Å²) in [6, 6.07) is 1.56. The summed E-state index contributed by atoms with van der Waals surface area (Å²) in [5, 5.41) is 10.8. The van der Waals surface area contributed by atoms with Crippen molar-refractivity contribution < 1.29 is 14.5 Å². The molecule has 0 atom stereocenters. The second kappa shape index (κ2) is 4.69. The van der Waals surface area contributed by atoms with Gasteiger partial charge in [-0.2, -0.15) is 0 Å². The zero-order chi connectivity index (χ0) is 12.3. The maximum atomic E-state index is 11.5. The summed E-state index contributed by atoms with van der Waals surface area (Å²) in [6.07, 6.45) is 0. The molecule has 0 bridgehead atoms. The molecular formula is C10H12N2O4. The number of nitrogens with zero attached hydrogens (tertiary/aromatic N) is 2. The van der Waals surface area contributed by atoms with Gasteiger partial charge in [0.1, 0.15) is 0 Å². The van der Waals surface area contributed by atoms with Gasteiger partial charge >= 0.3 is 11.7 Å². The number of esters is 1. The molecule has 0 unspecified atom stereocenters. The van der Waals surface area contributed by atoms with Crippen molar-refractivity contribution in [3.8, 4) is 0 Å². The van der Waals surface area contributed by atoms with Gasteiger partial charge in [0.05, 0.1) is 11.5 Å². The van der Waals surface area contributed by atoms with E-state index in [-0.39, 0.29) is 18.0 Å². The number of rotatable bonds is 3. The monoisotopic (exact) mass is 224 g/mol. The molecule has 6 nitrogen and oxygen atoms in total. The number of pyridine rings is 1. The van der Waals surface area contributed by atoms with Gasteiger partial charge < -0.3 is 4.74 Å². The van der Waals surface area contributed by atoms with Crippen molar-refractivity contribution in [1.29, 1.82) is 0 Å². The molecule has 16 heavy (non-hydrogen) atoms. The van der Waals surface area contributed by atoms with Gasteiger partial charge in [0.25, 0.3) is 0 Å². The Morgan fingerprint density at radius 2 is 2.19 bits per heavy atom. The predicted octanol–water partition coefficient (Wildman–Crippen LogP) is 1.78. The van der Waals surface area contributed by atoms with E-state index in [2.05, 4.69) is 4.98 Å². The van der Waals surface area contributed by atoms with Gasteiger partial charge in [0.15, 0.2) is 0 Å². The number of nitro groups is 1. The molecule has 1 heterocycles. The van der Waals surface area contributed by atoms with E-state index in [1.807, 2.05) is 0 Å². The Morgan fingerprint density at radius 1 is 1.56 bits per heavy atom. The normalized spacial score (nSPS) is 9.94. The second-order valence-corrected chi connectivity index (χ2v) is 3.26. The Labute approximate surface area is 92.4 Å². The average Bonchev–Trinajstić information content (AvgIpc) is 2.15. The Kier molecular flexibility index (Phi) is 3.55. The van der Waals surface area contributed by atoms with Gasteiger partial charge in [0.2, 0.25) is 5.69 Å². The Hall–Kier alpha value is -1.98. The van der Waals surface area contributed by atoms with E-state index >= 15 is 0 Å². The SMILES string of the molecule is CCOC(=O)c1nc(C)cc(C)c1[N+](=O)[O-]. The Bertz CT molecular complexity index is 443. The molecule has 1 aromatic rings. The predicted molar refractivity (Wildman–Crippen MR) is 56.3 cm³/mol. The second-order valence-electron chi connectivity index (χ2n) is 3.26. The molecule has 0 aliphatic carbocycles. The number of aryl methyl sites for hydroxylation is 2. The summed E-state index contributed by atoms with van der Waals surface area (Å²) in [7, 11) is 0. The van der Waals surface area contributed by atoms with Crippen LogP contribution in [0.15, 0.2) is 6.07 Å². The van der Waals surface area contributed by atoms with E-state index in [0.717, 1.165) is 0 Å². The third-order valence-corrected chi connectivity index (χ3v) is 1.96. The largest absolute Gasteiger partial charge is 0.461 e. The summed E-state index contributed by atoms with van der Waals surface area (Å²) < 4.78 is 4.72. The van der Waals surface area contributed by atoms with E-state index in [4.69, 9.17) is 4.74 Å². The average molecular weight is 224 g/mol. The fourth-order valence-electron chi connectivity index (χ4n) is 1.40. The smallest absolute Gasteiger partial charge is 0.364 e. The highest BCUT2D eigenvalue weighted by molar-refractivity contribution is 5.92. The molecule has 0 radical (unpaired) electrons. The van der Waals surface area contributed by atoms with Gasteiger partial charge in [0, 0.05) is 11.3 Å². The van der Waals surface area contributed by atoms with Gasteiger partial charge in [-0.15, -0.1) is 0 Å². The van der Waals surface area contributed by atoms with Gasteiger partial charge in [-0.25, -0.2) is 9.78 Å². The fourth-order valence-corrected chi connectivity index (χ4v) is 1.40. The molecule has 1 rings (SSSR count). The summed E-state index contributed by atoms with van der Waals surface area (Å²) in [5.41, 5.74) is 0.431. The summed E-state index contributed by atoms with van der Waals surface area (Å²) in [4.78, 5) is 25.5. The molecule has 0 amide bonds. The van der Waals surface area contributed by atoms with Crippen LogP contribution in [0.3, 0.4) is 0 Å². The first-order valence-electron chi connectivity index (χ1n) is 4.77. The Balaban J connectivity index is 3.35. The molecule has 6 heteroatoms. The van der Waals surface area contributed by atoms with Crippen molar-refractivity contribution in [2.45, 2.75) is 20.8 Å². The number of ether oxygens (including phenoxy) is 1. The molecule has 0 spiro atoms. The van der Waals surface area contributed by atoms with Crippen LogP contribution in [0.2, 0.25) is 0 Å². The third-order valence-electron chi connectivity index (χ3n) is 1.96. The highest BCUT2D eigenvalue weighted by atomic mass is 16.6. The van der Waals surface area contributed by atoms with E-state index < -0.39 is 10.9 Å². The van der Waals surface area contributed by atoms with Crippen molar-refractivity contribution in [2.75, 3.05) is 6.61 Å². The first kappa shape index (κ1) is 12.1. The molecule has 0 saturated heterocycles. The van der Waals surface area contributed by atoms with E-state index in [1.165, 1.54) is 0 Å². The molecule has 86 valence electrons. The zero-order valence-electron chi connectivity index (χ0n) is 9.31. The van der Waals surface area contributed by atoms with Gasteiger partial charge in [-0.1, -0.05) is 0 Å². The van der Waals surface area contributed by atoms with Crippen LogP contribution in [0.1, 0.15) is 28.7 Å². The van der Waals surface area contributed by atoms with E-state index in [1.54, 1.807) is 26.8 Å². The van der Waals surface area contributed by atoms with Crippen molar-refractivity contribution in [3.63, 3.8) is 0 Å². The van der Waals surface area contributed by atoms with Crippen LogP contribution < -0.4 is 0 Å². The zero-order valence-corrected chi connectivity index (χ0v) is 9.31. The molecule has 0 saturated carbocycles. The standard InChI is InChI=1S/C10H12N2O4/c1-4-16-10(13)8-9(12(14)15)6(2)5-7(3)11-8/h5H,4H2,1-3H3. The third kappa shape index (κ3) is 2.33. The van der Waals surface area contributed by atoms with Crippen LogP contribution in [0.5, 0.6) is 0 Å². The highest BCUT2D eigenvalue weighted by Gasteiger charge is 2.26. The molecule has 0 aliphatic rings. The maximum Gasteiger partial charge on any atom is 0.364 e. The molecule has 0 aromatic carbocycles. The maximum absolute atomic E-state index is 11.5.